The average molecular weight is 681 g/mol. The molecule has 10 nitrogen and oxygen atoms in total. The molecule has 0 aliphatic carbocycles. The van der Waals surface area contributed by atoms with E-state index >= 15 is 0 Å². The number of unbranched alkanes of at least 4 members (excludes halogenated alkanes) is 9. The fourth-order valence-electron chi connectivity index (χ4n) is 6.44. The van der Waals surface area contributed by atoms with Gasteiger partial charge >= 0.3 is 12.2 Å². The van der Waals surface area contributed by atoms with E-state index in [1.54, 1.807) is 6.92 Å². The largest absolute Gasteiger partial charge is 0.465 e. The predicted octanol–water partition coefficient (Wildman–Crippen LogP) is 6.97. The summed E-state index contributed by atoms with van der Waals surface area (Å²) in [5, 5.41) is 29.9. The van der Waals surface area contributed by atoms with Gasteiger partial charge in [-0.1, -0.05) is 139 Å². The zero-order chi connectivity index (χ0) is 35.9. The fourth-order valence-corrected chi connectivity index (χ4v) is 6.44. The molecule has 6 N–H and O–H groups in total. The predicted molar refractivity (Wildman–Crippen MR) is 195 cm³/mol. The molecule has 10 heteroatoms. The lowest BCUT2D eigenvalue weighted by Gasteiger charge is -2.40. The van der Waals surface area contributed by atoms with Gasteiger partial charge < -0.3 is 25.6 Å². The van der Waals surface area contributed by atoms with Crippen molar-refractivity contribution in [3.05, 3.63) is 71.8 Å². The van der Waals surface area contributed by atoms with Crippen LogP contribution in [0.5, 0.6) is 0 Å². The molecule has 0 heterocycles. The highest BCUT2D eigenvalue weighted by Crippen LogP contribution is 2.28. The Morgan fingerprint density at radius 3 is 1.65 bits per heavy atom. The minimum Gasteiger partial charge on any atom is -0.465 e. The molecule has 0 radical (unpaired) electrons. The van der Waals surface area contributed by atoms with Gasteiger partial charge in [-0.05, 0) is 55.2 Å². The van der Waals surface area contributed by atoms with Crippen LogP contribution >= 0.6 is 0 Å². The molecule has 3 atom stereocenters. The first-order chi connectivity index (χ1) is 23.5. The van der Waals surface area contributed by atoms with Crippen LogP contribution in [0.3, 0.4) is 0 Å². The number of hydrogen-bond acceptors (Lipinski definition) is 6. The smallest absolute Gasteiger partial charge is 0.411 e. The molecule has 0 aromatic heterocycles. The summed E-state index contributed by atoms with van der Waals surface area (Å²) in [4.78, 5) is 47.2. The highest BCUT2D eigenvalue weighted by Gasteiger charge is 2.38. The highest BCUT2D eigenvalue weighted by atomic mass is 16.4. The highest BCUT2D eigenvalue weighted by molar-refractivity contribution is 5.94. The minimum absolute atomic E-state index is 0.0115. The number of benzene rings is 2. The summed E-state index contributed by atoms with van der Waals surface area (Å²) in [7, 11) is 0. The Morgan fingerprint density at radius 1 is 0.714 bits per heavy atom. The fraction of sp³-hybridized carbons (Fsp3) is 0.590. The van der Waals surface area contributed by atoms with Gasteiger partial charge in [0.15, 0.2) is 0 Å². The Morgan fingerprint density at radius 2 is 1.20 bits per heavy atom. The van der Waals surface area contributed by atoms with Crippen molar-refractivity contribution in [1.82, 2.24) is 21.3 Å². The summed E-state index contributed by atoms with van der Waals surface area (Å²) >= 11 is 0. The average Bonchev–Trinajstić information content (AvgIpc) is 3.06. The van der Waals surface area contributed by atoms with Crippen LogP contribution in [0.15, 0.2) is 60.7 Å². The summed E-state index contributed by atoms with van der Waals surface area (Å²) in [5.74, 6) is -0.905. The number of aldehydes is 1. The van der Waals surface area contributed by atoms with E-state index in [1.165, 1.54) is 32.1 Å². The summed E-state index contributed by atoms with van der Waals surface area (Å²) in [6, 6.07) is 19.1. The first kappa shape index (κ1) is 41.4. The first-order valence-electron chi connectivity index (χ1n) is 18.1. The van der Waals surface area contributed by atoms with E-state index in [0.717, 1.165) is 62.5 Å². The third-order valence-electron chi connectivity index (χ3n) is 9.22. The van der Waals surface area contributed by atoms with Gasteiger partial charge in [0.2, 0.25) is 5.91 Å². The van der Waals surface area contributed by atoms with Crippen LogP contribution in [0.2, 0.25) is 0 Å². The van der Waals surface area contributed by atoms with Crippen molar-refractivity contribution in [3.63, 3.8) is 0 Å². The summed E-state index contributed by atoms with van der Waals surface area (Å²) in [5.41, 5.74) is 1.59. The normalized spacial score (nSPS) is 13.4. The summed E-state index contributed by atoms with van der Waals surface area (Å²) < 4.78 is 0. The number of amides is 3. The molecule has 0 saturated carbocycles. The number of carbonyl (C=O) groups excluding carboxylic acids is 2. The molecule has 2 rings (SSSR count). The molecule has 0 bridgehead atoms. The topological polar surface area (TPSA) is 157 Å². The van der Waals surface area contributed by atoms with Crippen LogP contribution in [0.1, 0.15) is 103 Å². The number of carboxylic acid groups (broad SMARTS) is 2. The van der Waals surface area contributed by atoms with E-state index in [9.17, 15) is 29.4 Å². The van der Waals surface area contributed by atoms with E-state index in [1.807, 2.05) is 41.7 Å². The van der Waals surface area contributed by atoms with Gasteiger partial charge in [-0.3, -0.25) is 15.4 Å². The number of hydrogen-bond donors (Lipinski definition) is 6. The molecule has 49 heavy (non-hydrogen) atoms. The number of nitrogens with one attached hydrogen (secondary N) is 4. The van der Waals surface area contributed by atoms with Crippen molar-refractivity contribution < 1.29 is 29.4 Å². The SMILES string of the molecule is CC(CNC(=O)O)[C@H](NC(CCCCCCCCCCCCN[C@H](C=O)C(C)C)(Cc1ccccc1)Cc1ccccc1)C(=O)NC(=O)O. The number of rotatable bonds is 26. The van der Waals surface area contributed by atoms with Crippen LogP contribution < -0.4 is 21.3 Å². The zero-order valence-corrected chi connectivity index (χ0v) is 29.8. The lowest BCUT2D eigenvalue weighted by atomic mass is 9.78. The maximum atomic E-state index is 13.3. The van der Waals surface area contributed by atoms with Gasteiger partial charge in [-0.25, -0.2) is 9.59 Å². The molecule has 0 fully saturated rings. The van der Waals surface area contributed by atoms with Crippen molar-refractivity contribution >= 4 is 24.4 Å². The maximum Gasteiger partial charge on any atom is 0.411 e. The van der Waals surface area contributed by atoms with Crippen molar-refractivity contribution in [2.75, 3.05) is 13.1 Å². The third-order valence-corrected chi connectivity index (χ3v) is 9.22. The van der Waals surface area contributed by atoms with Gasteiger partial charge in [0, 0.05) is 12.1 Å². The van der Waals surface area contributed by atoms with Gasteiger partial charge in [0.25, 0.3) is 0 Å². The molecule has 0 aliphatic rings. The van der Waals surface area contributed by atoms with Crippen molar-refractivity contribution in [2.45, 2.75) is 122 Å². The molecular formula is C39H60N4O6. The second-order valence-corrected chi connectivity index (χ2v) is 13.8. The minimum atomic E-state index is -1.45. The lowest BCUT2D eigenvalue weighted by Crippen LogP contribution is -2.61. The molecule has 1 unspecified atom stereocenters. The number of imide groups is 1. The van der Waals surface area contributed by atoms with Crippen LogP contribution in [-0.2, 0) is 22.4 Å². The monoisotopic (exact) mass is 680 g/mol. The first-order valence-corrected chi connectivity index (χ1v) is 18.1. The number of carbonyl (C=O) groups is 4. The molecule has 3 amide bonds. The molecule has 2 aromatic carbocycles. The Bertz CT molecular complexity index is 1190. The molecule has 272 valence electrons. The van der Waals surface area contributed by atoms with E-state index in [4.69, 9.17) is 0 Å². The van der Waals surface area contributed by atoms with Crippen LogP contribution in [0.25, 0.3) is 0 Å². The molecule has 0 aliphatic heterocycles. The second kappa shape index (κ2) is 23.6. The summed E-state index contributed by atoms with van der Waals surface area (Å²) in [6.45, 7) is 6.73. The van der Waals surface area contributed by atoms with Gasteiger partial charge in [-0.15, -0.1) is 0 Å². The Balaban J connectivity index is 2.05. The van der Waals surface area contributed by atoms with E-state index in [-0.39, 0.29) is 12.6 Å². The van der Waals surface area contributed by atoms with Gasteiger partial charge in [0.1, 0.15) is 6.29 Å². The lowest BCUT2D eigenvalue weighted by molar-refractivity contribution is -0.124. The molecule has 0 saturated heterocycles. The second-order valence-electron chi connectivity index (χ2n) is 13.8. The van der Waals surface area contributed by atoms with Gasteiger partial charge in [-0.2, -0.15) is 0 Å². The van der Waals surface area contributed by atoms with Crippen molar-refractivity contribution in [3.8, 4) is 0 Å². The van der Waals surface area contributed by atoms with E-state index in [0.29, 0.717) is 18.8 Å². The van der Waals surface area contributed by atoms with Crippen LogP contribution in [-0.4, -0.2) is 65.3 Å². The Labute approximate surface area is 293 Å². The zero-order valence-electron chi connectivity index (χ0n) is 29.8. The Kier molecular flexibility index (Phi) is 19.9. The van der Waals surface area contributed by atoms with Crippen LogP contribution in [0, 0.1) is 11.8 Å². The standard InChI is InChI=1S/C39H60N4O6/c1-30(2)34(29-44)40-25-19-11-9-7-5-4-6-8-10-18-24-39(26-32-20-14-12-15-21-32,27-33-22-16-13-17-23-33)43-35(36(45)42-38(48)49)31(3)28-41-37(46)47/h12-17,20-23,29-31,34-35,40-41,43H,4-11,18-19,24-28H2,1-3H3,(H,42,45)(H,46,47)(H,48,49)/t31?,34-,35+/m1/s1. The molecule has 2 aromatic rings. The maximum absolute atomic E-state index is 13.3. The van der Waals surface area contributed by atoms with Crippen molar-refractivity contribution in [2.24, 2.45) is 11.8 Å². The quantitative estimate of drug-likeness (QED) is 0.0460. The van der Waals surface area contributed by atoms with Gasteiger partial charge in [0.05, 0.1) is 12.1 Å². The Hall–Kier alpha value is -3.76. The molecule has 0 spiro atoms. The van der Waals surface area contributed by atoms with E-state index < -0.39 is 35.6 Å². The van der Waals surface area contributed by atoms with Crippen molar-refractivity contribution in [1.29, 1.82) is 0 Å². The summed E-state index contributed by atoms with van der Waals surface area (Å²) in [6.07, 6.45) is 11.7. The van der Waals surface area contributed by atoms with E-state index in [2.05, 4.69) is 54.1 Å². The van der Waals surface area contributed by atoms with Crippen LogP contribution in [0.4, 0.5) is 9.59 Å². The third kappa shape index (κ3) is 17.5. The molecular weight excluding hydrogens is 620 g/mol.